The molecule has 2 nitrogen and oxygen atoms in total. The van der Waals surface area contributed by atoms with Crippen molar-refractivity contribution in [3.63, 3.8) is 0 Å². The van der Waals surface area contributed by atoms with Crippen LogP contribution in [0.5, 0.6) is 0 Å². The van der Waals surface area contributed by atoms with Gasteiger partial charge < -0.3 is 5.73 Å². The van der Waals surface area contributed by atoms with Crippen LogP contribution in [0.4, 0.5) is 0 Å². The average molecular weight is 216 g/mol. The Morgan fingerprint density at radius 2 is 2.31 bits per heavy atom. The first-order chi connectivity index (χ1) is 7.83. The Morgan fingerprint density at radius 3 is 2.94 bits per heavy atom. The molecule has 0 saturated heterocycles. The Balaban J connectivity index is 1.63. The Labute approximate surface area is 97.3 Å². The van der Waals surface area contributed by atoms with E-state index in [1.165, 1.54) is 31.2 Å². The molecule has 0 amide bonds. The van der Waals surface area contributed by atoms with Crippen LogP contribution >= 0.6 is 0 Å². The van der Waals surface area contributed by atoms with Crippen LogP contribution in [-0.2, 0) is 0 Å². The summed E-state index contributed by atoms with van der Waals surface area (Å²) in [5.74, 6) is 2.89. The second-order valence-corrected chi connectivity index (χ2v) is 5.56. The number of aromatic nitrogens is 1. The second-order valence-electron chi connectivity index (χ2n) is 5.56. The van der Waals surface area contributed by atoms with Crippen LogP contribution in [0.25, 0.3) is 0 Å². The highest BCUT2D eigenvalue weighted by atomic mass is 14.7. The first-order valence-corrected chi connectivity index (χ1v) is 6.48. The third-order valence-electron chi connectivity index (χ3n) is 4.55. The standard InChI is InChI=1S/C14H20N2/c15-14(12-2-1-5-16-9-12)8-13-7-10-3-4-11(13)6-10/h1-2,5,9-11,13-14H,3-4,6-8,15H2. The number of pyridine rings is 1. The molecule has 2 aliphatic carbocycles. The molecular weight excluding hydrogens is 196 g/mol. The summed E-state index contributed by atoms with van der Waals surface area (Å²) >= 11 is 0. The van der Waals surface area contributed by atoms with Gasteiger partial charge in [0.25, 0.3) is 0 Å². The minimum Gasteiger partial charge on any atom is -0.324 e. The Bertz CT molecular complexity index is 349. The lowest BCUT2D eigenvalue weighted by Crippen LogP contribution is -2.19. The van der Waals surface area contributed by atoms with Crippen LogP contribution in [0.3, 0.4) is 0 Å². The highest BCUT2D eigenvalue weighted by Gasteiger charge is 2.39. The van der Waals surface area contributed by atoms with E-state index in [4.69, 9.17) is 5.73 Å². The van der Waals surface area contributed by atoms with Gasteiger partial charge in [-0.25, -0.2) is 0 Å². The summed E-state index contributed by atoms with van der Waals surface area (Å²) in [6.45, 7) is 0. The van der Waals surface area contributed by atoms with E-state index in [-0.39, 0.29) is 6.04 Å². The van der Waals surface area contributed by atoms with Crippen molar-refractivity contribution in [2.45, 2.75) is 38.1 Å². The maximum absolute atomic E-state index is 6.27. The first kappa shape index (κ1) is 10.3. The van der Waals surface area contributed by atoms with Gasteiger partial charge in [0, 0.05) is 18.4 Å². The van der Waals surface area contributed by atoms with Gasteiger partial charge in [-0.05, 0) is 55.1 Å². The SMILES string of the molecule is NC(CC1CC2CCC1C2)c1cccnc1. The molecule has 0 aliphatic heterocycles. The summed E-state index contributed by atoms with van der Waals surface area (Å²) in [5.41, 5.74) is 7.47. The predicted molar refractivity (Wildman–Crippen MR) is 64.7 cm³/mol. The molecule has 86 valence electrons. The van der Waals surface area contributed by atoms with E-state index in [2.05, 4.69) is 11.1 Å². The highest BCUT2D eigenvalue weighted by Crippen LogP contribution is 2.50. The van der Waals surface area contributed by atoms with Crippen molar-refractivity contribution in [1.29, 1.82) is 0 Å². The van der Waals surface area contributed by atoms with E-state index < -0.39 is 0 Å². The lowest BCUT2D eigenvalue weighted by Gasteiger charge is -2.24. The smallest absolute Gasteiger partial charge is 0.0315 e. The van der Waals surface area contributed by atoms with E-state index in [0.717, 1.165) is 24.2 Å². The van der Waals surface area contributed by atoms with Crippen molar-refractivity contribution in [2.24, 2.45) is 23.5 Å². The Hall–Kier alpha value is -0.890. The molecule has 4 unspecified atom stereocenters. The highest BCUT2D eigenvalue weighted by molar-refractivity contribution is 5.13. The number of fused-ring (bicyclic) bond motifs is 2. The van der Waals surface area contributed by atoms with Gasteiger partial charge in [-0.3, -0.25) is 4.98 Å². The number of rotatable bonds is 3. The largest absolute Gasteiger partial charge is 0.324 e. The van der Waals surface area contributed by atoms with Gasteiger partial charge in [0.15, 0.2) is 0 Å². The summed E-state index contributed by atoms with van der Waals surface area (Å²) < 4.78 is 0. The molecule has 2 N–H and O–H groups in total. The molecule has 0 spiro atoms. The molecule has 4 atom stereocenters. The van der Waals surface area contributed by atoms with Gasteiger partial charge in [0.1, 0.15) is 0 Å². The monoisotopic (exact) mass is 216 g/mol. The van der Waals surface area contributed by atoms with Crippen LogP contribution < -0.4 is 5.73 Å². The van der Waals surface area contributed by atoms with Crippen molar-refractivity contribution in [3.05, 3.63) is 30.1 Å². The average Bonchev–Trinajstić information content (AvgIpc) is 2.92. The molecule has 2 bridgehead atoms. The molecule has 2 fully saturated rings. The molecule has 16 heavy (non-hydrogen) atoms. The van der Waals surface area contributed by atoms with E-state index in [1.807, 2.05) is 18.5 Å². The lowest BCUT2D eigenvalue weighted by atomic mass is 9.83. The summed E-state index contributed by atoms with van der Waals surface area (Å²) in [6.07, 6.45) is 10.7. The molecule has 2 heteroatoms. The summed E-state index contributed by atoms with van der Waals surface area (Å²) in [7, 11) is 0. The molecule has 0 radical (unpaired) electrons. The molecule has 0 aromatic carbocycles. The van der Waals surface area contributed by atoms with Crippen LogP contribution in [0, 0.1) is 17.8 Å². The number of hydrogen-bond acceptors (Lipinski definition) is 2. The number of hydrogen-bond donors (Lipinski definition) is 1. The van der Waals surface area contributed by atoms with Crippen molar-refractivity contribution >= 4 is 0 Å². The Kier molecular flexibility index (Phi) is 2.68. The van der Waals surface area contributed by atoms with Gasteiger partial charge >= 0.3 is 0 Å². The van der Waals surface area contributed by atoms with Crippen LogP contribution in [0.1, 0.15) is 43.7 Å². The molecular formula is C14H20N2. The van der Waals surface area contributed by atoms with Gasteiger partial charge in [-0.2, -0.15) is 0 Å². The van der Waals surface area contributed by atoms with E-state index in [1.54, 1.807) is 0 Å². The second kappa shape index (κ2) is 4.17. The van der Waals surface area contributed by atoms with Crippen molar-refractivity contribution < 1.29 is 0 Å². The van der Waals surface area contributed by atoms with Gasteiger partial charge in [0.05, 0.1) is 0 Å². The van der Waals surface area contributed by atoms with E-state index in [0.29, 0.717) is 0 Å². The van der Waals surface area contributed by atoms with Gasteiger partial charge in [0.2, 0.25) is 0 Å². The summed E-state index contributed by atoms with van der Waals surface area (Å²) in [4.78, 5) is 4.15. The van der Waals surface area contributed by atoms with Gasteiger partial charge in [-0.15, -0.1) is 0 Å². The molecule has 2 aliphatic rings. The fourth-order valence-electron chi connectivity index (χ4n) is 3.72. The number of nitrogens with zero attached hydrogens (tertiary/aromatic N) is 1. The topological polar surface area (TPSA) is 38.9 Å². The zero-order valence-electron chi connectivity index (χ0n) is 9.68. The minimum absolute atomic E-state index is 0.193. The molecule has 1 aromatic rings. The first-order valence-electron chi connectivity index (χ1n) is 6.48. The zero-order valence-corrected chi connectivity index (χ0v) is 9.68. The maximum Gasteiger partial charge on any atom is 0.0315 e. The molecule has 1 heterocycles. The van der Waals surface area contributed by atoms with Crippen molar-refractivity contribution in [1.82, 2.24) is 4.98 Å². The fourth-order valence-corrected chi connectivity index (χ4v) is 3.72. The maximum atomic E-state index is 6.27. The summed E-state index contributed by atoms with van der Waals surface area (Å²) in [6, 6.07) is 4.28. The quantitative estimate of drug-likeness (QED) is 0.843. The normalized spacial score (nSPS) is 34.2. The van der Waals surface area contributed by atoms with Gasteiger partial charge in [-0.1, -0.05) is 12.5 Å². The lowest BCUT2D eigenvalue weighted by molar-refractivity contribution is 0.296. The molecule has 3 rings (SSSR count). The van der Waals surface area contributed by atoms with Crippen LogP contribution in [-0.4, -0.2) is 4.98 Å². The predicted octanol–water partition coefficient (Wildman–Crippen LogP) is 2.91. The van der Waals surface area contributed by atoms with E-state index >= 15 is 0 Å². The zero-order chi connectivity index (χ0) is 11.0. The van der Waals surface area contributed by atoms with Crippen LogP contribution in [0.15, 0.2) is 24.5 Å². The number of nitrogens with two attached hydrogens (primary N) is 1. The fraction of sp³-hybridized carbons (Fsp3) is 0.643. The van der Waals surface area contributed by atoms with Crippen molar-refractivity contribution in [3.8, 4) is 0 Å². The third-order valence-corrected chi connectivity index (χ3v) is 4.55. The van der Waals surface area contributed by atoms with Crippen molar-refractivity contribution in [2.75, 3.05) is 0 Å². The van der Waals surface area contributed by atoms with Crippen LogP contribution in [0.2, 0.25) is 0 Å². The Morgan fingerprint density at radius 1 is 1.38 bits per heavy atom. The molecule has 2 saturated carbocycles. The minimum atomic E-state index is 0.193. The summed E-state index contributed by atoms with van der Waals surface area (Å²) in [5, 5.41) is 0. The third kappa shape index (κ3) is 1.86. The van der Waals surface area contributed by atoms with E-state index in [9.17, 15) is 0 Å². The molecule has 1 aromatic heterocycles.